The summed E-state index contributed by atoms with van der Waals surface area (Å²) in [6, 6.07) is 7.22. The summed E-state index contributed by atoms with van der Waals surface area (Å²) in [6.45, 7) is 2.11. The number of benzene rings is 1. The van der Waals surface area contributed by atoms with E-state index in [-0.39, 0.29) is 18.2 Å². The Kier molecular flexibility index (Phi) is 4.08. The van der Waals surface area contributed by atoms with Gasteiger partial charge in [-0.1, -0.05) is 25.5 Å². The lowest BCUT2D eigenvalue weighted by Crippen LogP contribution is -2.47. The highest BCUT2D eigenvalue weighted by atomic mass is 32.2. The van der Waals surface area contributed by atoms with E-state index in [1.54, 1.807) is 16.4 Å². The average Bonchev–Trinajstić information content (AvgIpc) is 2.73. The van der Waals surface area contributed by atoms with Gasteiger partial charge in [-0.3, -0.25) is 0 Å². The molecule has 2 aliphatic heterocycles. The Balaban J connectivity index is 1.87. The SMILES string of the molecule is CCCc1ccc(S(=O)(=O)N2C3CCC2CC(O)C3)cc1. The normalized spacial score (nSPS) is 29.7. The van der Waals surface area contributed by atoms with E-state index >= 15 is 0 Å². The molecule has 0 aromatic heterocycles. The molecular weight excluding hydrogens is 286 g/mol. The van der Waals surface area contributed by atoms with Crippen molar-refractivity contribution >= 4 is 10.0 Å². The van der Waals surface area contributed by atoms with Gasteiger partial charge in [0.1, 0.15) is 0 Å². The van der Waals surface area contributed by atoms with Crippen LogP contribution in [0.2, 0.25) is 0 Å². The third-order valence-electron chi connectivity index (χ3n) is 4.68. The maximum Gasteiger partial charge on any atom is 0.243 e. The number of fused-ring (bicyclic) bond motifs is 2. The highest BCUT2D eigenvalue weighted by molar-refractivity contribution is 7.89. The molecule has 2 aliphatic rings. The maximum absolute atomic E-state index is 12.9. The fourth-order valence-corrected chi connectivity index (χ4v) is 5.63. The van der Waals surface area contributed by atoms with Gasteiger partial charge >= 0.3 is 0 Å². The standard InChI is InChI=1S/C16H23NO3S/c1-2-3-12-4-8-16(9-5-12)21(19,20)17-13-6-7-14(17)11-15(18)10-13/h4-5,8-9,13-15,18H,2-3,6-7,10-11H2,1H3. The van der Waals surface area contributed by atoms with Crippen LogP contribution >= 0.6 is 0 Å². The molecule has 2 fully saturated rings. The Hall–Kier alpha value is -0.910. The van der Waals surface area contributed by atoms with Crippen molar-refractivity contribution < 1.29 is 13.5 Å². The highest BCUT2D eigenvalue weighted by Crippen LogP contribution is 2.39. The molecule has 2 bridgehead atoms. The molecule has 0 aliphatic carbocycles. The van der Waals surface area contributed by atoms with Crippen LogP contribution in [0.15, 0.2) is 29.2 Å². The lowest BCUT2D eigenvalue weighted by atomic mass is 10.0. The van der Waals surface area contributed by atoms with Gasteiger partial charge in [0.15, 0.2) is 0 Å². The summed E-state index contributed by atoms with van der Waals surface area (Å²) in [5.74, 6) is 0. The molecule has 21 heavy (non-hydrogen) atoms. The molecule has 116 valence electrons. The number of aliphatic hydroxyl groups is 1. The van der Waals surface area contributed by atoms with E-state index < -0.39 is 10.0 Å². The first kappa shape index (κ1) is 15.0. The van der Waals surface area contributed by atoms with Gasteiger partial charge in [-0.2, -0.15) is 4.31 Å². The molecule has 1 N–H and O–H groups in total. The van der Waals surface area contributed by atoms with Crippen LogP contribution in [0.25, 0.3) is 0 Å². The van der Waals surface area contributed by atoms with Crippen LogP contribution < -0.4 is 0 Å². The zero-order valence-electron chi connectivity index (χ0n) is 12.4. The van der Waals surface area contributed by atoms with Crippen LogP contribution in [0.5, 0.6) is 0 Å². The number of sulfonamides is 1. The minimum absolute atomic E-state index is 0.0286. The summed E-state index contributed by atoms with van der Waals surface area (Å²) >= 11 is 0. The van der Waals surface area contributed by atoms with Gasteiger partial charge in [-0.25, -0.2) is 8.42 Å². The predicted octanol–water partition coefficient (Wildman–Crippen LogP) is 2.32. The molecule has 0 spiro atoms. The van der Waals surface area contributed by atoms with Crippen molar-refractivity contribution in [1.29, 1.82) is 0 Å². The number of hydrogen-bond acceptors (Lipinski definition) is 3. The van der Waals surface area contributed by atoms with Crippen molar-refractivity contribution in [3.63, 3.8) is 0 Å². The van der Waals surface area contributed by atoms with Gasteiger partial charge in [-0.05, 0) is 49.8 Å². The number of aliphatic hydroxyl groups excluding tert-OH is 1. The van der Waals surface area contributed by atoms with Crippen molar-refractivity contribution in [2.45, 2.75) is 68.5 Å². The molecule has 0 amide bonds. The smallest absolute Gasteiger partial charge is 0.243 e. The molecule has 3 rings (SSSR count). The topological polar surface area (TPSA) is 57.6 Å². The summed E-state index contributed by atoms with van der Waals surface area (Å²) in [5, 5.41) is 9.82. The molecular formula is C16H23NO3S. The molecule has 2 atom stereocenters. The van der Waals surface area contributed by atoms with E-state index in [1.165, 1.54) is 5.56 Å². The monoisotopic (exact) mass is 309 g/mol. The first-order chi connectivity index (χ1) is 10.0. The van der Waals surface area contributed by atoms with E-state index in [2.05, 4.69) is 6.92 Å². The van der Waals surface area contributed by atoms with Gasteiger partial charge in [0.05, 0.1) is 11.0 Å². The zero-order chi connectivity index (χ0) is 15.0. The third kappa shape index (κ3) is 2.74. The highest BCUT2D eigenvalue weighted by Gasteiger charge is 2.46. The fourth-order valence-electron chi connectivity index (χ4n) is 3.74. The summed E-state index contributed by atoms with van der Waals surface area (Å²) in [7, 11) is -3.43. The second kappa shape index (κ2) is 5.71. The van der Waals surface area contributed by atoms with E-state index in [9.17, 15) is 13.5 Å². The second-order valence-corrected chi connectivity index (χ2v) is 8.08. The largest absolute Gasteiger partial charge is 0.393 e. The van der Waals surface area contributed by atoms with Crippen LogP contribution in [0.4, 0.5) is 0 Å². The summed E-state index contributed by atoms with van der Waals surface area (Å²) in [5.41, 5.74) is 1.17. The Bertz CT molecular complexity index is 582. The van der Waals surface area contributed by atoms with Crippen LogP contribution in [0, 0.1) is 0 Å². The third-order valence-corrected chi connectivity index (χ3v) is 6.70. The van der Waals surface area contributed by atoms with Crippen molar-refractivity contribution in [3.05, 3.63) is 29.8 Å². The van der Waals surface area contributed by atoms with Crippen LogP contribution in [-0.4, -0.2) is 36.0 Å². The van der Waals surface area contributed by atoms with Crippen molar-refractivity contribution in [1.82, 2.24) is 4.31 Å². The van der Waals surface area contributed by atoms with E-state index in [1.807, 2.05) is 12.1 Å². The molecule has 4 nitrogen and oxygen atoms in total. The fraction of sp³-hybridized carbons (Fsp3) is 0.625. The van der Waals surface area contributed by atoms with Gasteiger partial charge < -0.3 is 5.11 Å². The number of rotatable bonds is 4. The summed E-state index contributed by atoms with van der Waals surface area (Å²) in [6.07, 6.45) is 4.57. The van der Waals surface area contributed by atoms with Crippen LogP contribution in [0.1, 0.15) is 44.6 Å². The second-order valence-electron chi connectivity index (χ2n) is 6.24. The quantitative estimate of drug-likeness (QED) is 0.928. The first-order valence-electron chi connectivity index (χ1n) is 7.83. The van der Waals surface area contributed by atoms with Gasteiger partial charge in [-0.15, -0.1) is 0 Å². The van der Waals surface area contributed by atoms with Gasteiger partial charge in [0, 0.05) is 12.1 Å². The number of hydrogen-bond donors (Lipinski definition) is 1. The van der Waals surface area contributed by atoms with E-state index in [0.29, 0.717) is 17.7 Å². The first-order valence-corrected chi connectivity index (χ1v) is 9.27. The lowest BCUT2D eigenvalue weighted by molar-refractivity contribution is 0.0769. The molecule has 1 aromatic rings. The van der Waals surface area contributed by atoms with Crippen LogP contribution in [0.3, 0.4) is 0 Å². The van der Waals surface area contributed by atoms with Gasteiger partial charge in [0.2, 0.25) is 10.0 Å². The van der Waals surface area contributed by atoms with Gasteiger partial charge in [0.25, 0.3) is 0 Å². The minimum Gasteiger partial charge on any atom is -0.393 e. The summed E-state index contributed by atoms with van der Waals surface area (Å²) < 4.78 is 27.4. The van der Waals surface area contributed by atoms with E-state index in [0.717, 1.165) is 25.7 Å². The number of aryl methyl sites for hydroxylation is 1. The molecule has 5 heteroatoms. The van der Waals surface area contributed by atoms with Crippen molar-refractivity contribution in [2.75, 3.05) is 0 Å². The van der Waals surface area contributed by atoms with Crippen LogP contribution in [-0.2, 0) is 16.4 Å². The maximum atomic E-state index is 12.9. The predicted molar refractivity (Wildman–Crippen MR) is 81.5 cm³/mol. The lowest BCUT2D eigenvalue weighted by Gasteiger charge is -2.36. The number of nitrogens with zero attached hydrogens (tertiary/aromatic N) is 1. The average molecular weight is 309 g/mol. The van der Waals surface area contributed by atoms with E-state index in [4.69, 9.17) is 0 Å². The molecule has 2 heterocycles. The molecule has 1 aromatic carbocycles. The zero-order valence-corrected chi connectivity index (χ0v) is 13.2. The Morgan fingerprint density at radius 1 is 1.14 bits per heavy atom. The molecule has 2 unspecified atom stereocenters. The van der Waals surface area contributed by atoms with Crippen molar-refractivity contribution in [2.24, 2.45) is 0 Å². The summed E-state index contributed by atoms with van der Waals surface area (Å²) in [4.78, 5) is 0.385. The number of piperidine rings is 1. The Morgan fingerprint density at radius 2 is 1.71 bits per heavy atom. The molecule has 0 saturated carbocycles. The molecule has 2 saturated heterocycles. The minimum atomic E-state index is -3.43. The Morgan fingerprint density at radius 3 is 2.24 bits per heavy atom. The Labute approximate surface area is 126 Å². The molecule has 0 radical (unpaired) electrons. The van der Waals surface area contributed by atoms with Crippen molar-refractivity contribution in [3.8, 4) is 0 Å².